The molecule has 5 nitrogen and oxygen atoms in total. The molecule has 0 atom stereocenters. The highest BCUT2D eigenvalue weighted by Crippen LogP contribution is 2.31. The fourth-order valence-corrected chi connectivity index (χ4v) is 2.72. The number of ether oxygens (including phenoxy) is 1. The van der Waals surface area contributed by atoms with E-state index in [9.17, 15) is 14.9 Å². The molecule has 0 aliphatic heterocycles. The second-order valence-electron chi connectivity index (χ2n) is 4.47. The van der Waals surface area contributed by atoms with Crippen LogP contribution in [0.15, 0.2) is 52.3 Å². The zero-order valence-corrected chi connectivity index (χ0v) is 13.1. The summed E-state index contributed by atoms with van der Waals surface area (Å²) < 4.78 is 4.91. The first kappa shape index (κ1) is 16.6. The van der Waals surface area contributed by atoms with Gasteiger partial charge in [-0.05, 0) is 49.4 Å². The van der Waals surface area contributed by atoms with Gasteiger partial charge in [0.15, 0.2) is 0 Å². The second-order valence-corrected chi connectivity index (χ2v) is 5.59. The molecule has 2 aromatic carbocycles. The summed E-state index contributed by atoms with van der Waals surface area (Å²) in [5.74, 6) is -1.45. The molecule has 1 N–H and O–H groups in total. The summed E-state index contributed by atoms with van der Waals surface area (Å²) in [6, 6.07) is 13.2. The van der Waals surface area contributed by atoms with Crippen LogP contribution in [0.25, 0.3) is 0 Å². The van der Waals surface area contributed by atoms with Gasteiger partial charge in [-0.2, -0.15) is 5.26 Å². The van der Waals surface area contributed by atoms with Crippen LogP contribution >= 0.6 is 11.8 Å². The lowest BCUT2D eigenvalue weighted by molar-refractivity contribution is 0.0525. The first-order valence-corrected chi connectivity index (χ1v) is 7.59. The van der Waals surface area contributed by atoms with Crippen molar-refractivity contribution in [3.63, 3.8) is 0 Å². The number of nitriles is 1. The number of hydrogen-bond donors (Lipinski definition) is 1. The van der Waals surface area contributed by atoms with Gasteiger partial charge in [0.1, 0.15) is 6.07 Å². The fraction of sp³-hybridized carbons (Fsp3) is 0.118. The van der Waals surface area contributed by atoms with Crippen LogP contribution in [-0.4, -0.2) is 23.7 Å². The molecule has 2 aromatic rings. The Morgan fingerprint density at radius 3 is 2.39 bits per heavy atom. The summed E-state index contributed by atoms with van der Waals surface area (Å²) in [5, 5.41) is 18.1. The summed E-state index contributed by atoms with van der Waals surface area (Å²) in [6.45, 7) is 1.99. The van der Waals surface area contributed by atoms with E-state index in [1.807, 2.05) is 0 Å². The van der Waals surface area contributed by atoms with Gasteiger partial charge in [0.25, 0.3) is 0 Å². The topological polar surface area (TPSA) is 87.4 Å². The summed E-state index contributed by atoms with van der Waals surface area (Å²) in [7, 11) is 0. The number of carbonyl (C=O) groups is 2. The molecule has 116 valence electrons. The third-order valence-corrected chi connectivity index (χ3v) is 4.02. The van der Waals surface area contributed by atoms with Crippen LogP contribution in [0.1, 0.15) is 33.2 Å². The lowest BCUT2D eigenvalue weighted by Gasteiger charge is -2.07. The van der Waals surface area contributed by atoms with Crippen molar-refractivity contribution in [3.8, 4) is 6.07 Å². The van der Waals surface area contributed by atoms with E-state index in [4.69, 9.17) is 9.84 Å². The number of benzene rings is 2. The predicted octanol–water partition coefficient (Wildman–Crippen LogP) is 3.58. The van der Waals surface area contributed by atoms with Crippen LogP contribution in [0.3, 0.4) is 0 Å². The van der Waals surface area contributed by atoms with Crippen molar-refractivity contribution in [3.05, 3.63) is 59.2 Å². The van der Waals surface area contributed by atoms with E-state index >= 15 is 0 Å². The van der Waals surface area contributed by atoms with E-state index in [0.717, 1.165) is 4.90 Å². The third-order valence-electron chi connectivity index (χ3n) is 2.94. The summed E-state index contributed by atoms with van der Waals surface area (Å²) in [4.78, 5) is 24.0. The quantitative estimate of drug-likeness (QED) is 0.845. The Hall–Kier alpha value is -2.78. The van der Waals surface area contributed by atoms with Crippen molar-refractivity contribution < 1.29 is 19.4 Å². The Balaban J connectivity index is 2.24. The summed E-state index contributed by atoms with van der Waals surface area (Å²) in [5.41, 5.74) is 0.893. The summed E-state index contributed by atoms with van der Waals surface area (Å²) >= 11 is 1.33. The van der Waals surface area contributed by atoms with Gasteiger partial charge in [-0.1, -0.05) is 11.8 Å². The van der Waals surface area contributed by atoms with Crippen LogP contribution in [-0.2, 0) is 4.74 Å². The molecule has 0 saturated carbocycles. The van der Waals surface area contributed by atoms with Gasteiger partial charge >= 0.3 is 11.9 Å². The SMILES string of the molecule is CCOC(=O)c1ccc(Sc2ccc(C(=O)O)cc2)c(C#N)c1. The van der Waals surface area contributed by atoms with Crippen molar-refractivity contribution in [1.29, 1.82) is 5.26 Å². The first-order chi connectivity index (χ1) is 11.0. The molecular weight excluding hydrogens is 314 g/mol. The lowest BCUT2D eigenvalue weighted by atomic mass is 10.1. The van der Waals surface area contributed by atoms with Gasteiger partial charge in [0.2, 0.25) is 0 Å². The normalized spacial score (nSPS) is 9.91. The Labute approximate surface area is 137 Å². The van der Waals surface area contributed by atoms with Gasteiger partial charge in [-0.25, -0.2) is 9.59 Å². The van der Waals surface area contributed by atoms with Crippen molar-refractivity contribution in [2.45, 2.75) is 16.7 Å². The van der Waals surface area contributed by atoms with Crippen molar-refractivity contribution in [2.24, 2.45) is 0 Å². The summed E-state index contributed by atoms with van der Waals surface area (Å²) in [6.07, 6.45) is 0. The van der Waals surface area contributed by atoms with E-state index in [2.05, 4.69) is 6.07 Å². The van der Waals surface area contributed by atoms with E-state index in [1.54, 1.807) is 31.2 Å². The molecule has 6 heteroatoms. The minimum Gasteiger partial charge on any atom is -0.478 e. The van der Waals surface area contributed by atoms with Crippen LogP contribution < -0.4 is 0 Å². The molecule has 0 aromatic heterocycles. The highest BCUT2D eigenvalue weighted by Gasteiger charge is 2.11. The Morgan fingerprint density at radius 1 is 1.17 bits per heavy atom. The number of nitrogens with zero attached hydrogens (tertiary/aromatic N) is 1. The molecule has 0 fully saturated rings. The molecule has 0 radical (unpaired) electrons. The van der Waals surface area contributed by atoms with Gasteiger partial charge in [0.05, 0.1) is 23.3 Å². The van der Waals surface area contributed by atoms with Crippen LogP contribution in [0.4, 0.5) is 0 Å². The van der Waals surface area contributed by atoms with Gasteiger partial charge in [-0.15, -0.1) is 0 Å². The largest absolute Gasteiger partial charge is 0.478 e. The molecule has 0 heterocycles. The average molecular weight is 327 g/mol. The van der Waals surface area contributed by atoms with Crippen LogP contribution in [0.2, 0.25) is 0 Å². The van der Waals surface area contributed by atoms with Crippen LogP contribution in [0, 0.1) is 11.3 Å². The standard InChI is InChI=1S/C17H13NO4S/c1-2-22-17(21)12-5-8-15(13(9-12)10-18)23-14-6-3-11(4-7-14)16(19)20/h3-9H,2H2,1H3,(H,19,20). The predicted molar refractivity (Wildman–Crippen MR) is 84.6 cm³/mol. The number of carbonyl (C=O) groups excluding carboxylic acids is 1. The van der Waals surface area contributed by atoms with Gasteiger partial charge in [0, 0.05) is 9.79 Å². The molecule has 0 aliphatic rings. The molecular formula is C17H13NO4S. The number of aromatic carboxylic acids is 1. The number of hydrogen-bond acceptors (Lipinski definition) is 5. The first-order valence-electron chi connectivity index (χ1n) is 6.77. The molecule has 0 aliphatic carbocycles. The smallest absolute Gasteiger partial charge is 0.338 e. The highest BCUT2D eigenvalue weighted by molar-refractivity contribution is 7.99. The molecule has 0 spiro atoms. The van der Waals surface area contributed by atoms with E-state index < -0.39 is 11.9 Å². The van der Waals surface area contributed by atoms with Crippen molar-refractivity contribution in [1.82, 2.24) is 0 Å². The van der Waals surface area contributed by atoms with E-state index in [-0.39, 0.29) is 12.2 Å². The highest BCUT2D eigenvalue weighted by atomic mass is 32.2. The minimum atomic E-state index is -0.988. The number of carboxylic acids is 1. The van der Waals surface area contributed by atoms with E-state index in [1.165, 1.54) is 30.0 Å². The fourth-order valence-electron chi connectivity index (χ4n) is 1.84. The van der Waals surface area contributed by atoms with Crippen molar-refractivity contribution >= 4 is 23.7 Å². The number of carboxylic acid groups (broad SMARTS) is 1. The Bertz CT molecular complexity index is 778. The maximum Gasteiger partial charge on any atom is 0.338 e. The number of rotatable bonds is 5. The Kier molecular flexibility index (Phi) is 5.39. The van der Waals surface area contributed by atoms with E-state index in [0.29, 0.717) is 16.0 Å². The third kappa shape index (κ3) is 4.11. The van der Waals surface area contributed by atoms with Crippen molar-refractivity contribution in [2.75, 3.05) is 6.61 Å². The second kappa shape index (κ2) is 7.47. The Morgan fingerprint density at radius 2 is 1.83 bits per heavy atom. The molecule has 2 rings (SSSR count). The van der Waals surface area contributed by atoms with Crippen LogP contribution in [0.5, 0.6) is 0 Å². The zero-order valence-electron chi connectivity index (χ0n) is 12.3. The molecule has 23 heavy (non-hydrogen) atoms. The lowest BCUT2D eigenvalue weighted by Crippen LogP contribution is -2.05. The maximum atomic E-state index is 11.7. The minimum absolute atomic E-state index is 0.201. The van der Waals surface area contributed by atoms with Gasteiger partial charge < -0.3 is 9.84 Å². The molecule has 0 saturated heterocycles. The number of esters is 1. The van der Waals surface area contributed by atoms with Gasteiger partial charge in [-0.3, -0.25) is 0 Å². The molecule has 0 bridgehead atoms. The maximum absolute atomic E-state index is 11.7. The molecule has 0 amide bonds. The average Bonchev–Trinajstić information content (AvgIpc) is 2.56. The molecule has 0 unspecified atom stereocenters. The monoisotopic (exact) mass is 327 g/mol. The zero-order chi connectivity index (χ0) is 16.8.